The van der Waals surface area contributed by atoms with Crippen LogP contribution in [0, 0.1) is 6.92 Å². The zero-order valence-corrected chi connectivity index (χ0v) is 10.8. The van der Waals surface area contributed by atoms with E-state index in [1.807, 2.05) is 19.1 Å². The fraction of sp³-hybridized carbons (Fsp3) is 0.333. The molecule has 0 aliphatic rings. The van der Waals surface area contributed by atoms with Crippen LogP contribution in [0.3, 0.4) is 0 Å². The maximum absolute atomic E-state index is 5.99. The van der Waals surface area contributed by atoms with E-state index in [1.165, 1.54) is 5.56 Å². The van der Waals surface area contributed by atoms with Crippen molar-refractivity contribution in [1.82, 2.24) is 0 Å². The van der Waals surface area contributed by atoms with Crippen molar-refractivity contribution in [1.29, 1.82) is 0 Å². The molecule has 2 atom stereocenters. The molecule has 2 N–H and O–H groups in total. The Morgan fingerprint density at radius 1 is 1.22 bits per heavy atom. The van der Waals surface area contributed by atoms with Gasteiger partial charge in [-0.15, -0.1) is 0 Å². The third-order valence-electron chi connectivity index (χ3n) is 2.87. The Kier molecular flexibility index (Phi) is 4.18. The average molecular weight is 245 g/mol. The summed E-state index contributed by atoms with van der Waals surface area (Å²) in [4.78, 5) is 0. The molecule has 1 heterocycles. The molecule has 1 aromatic carbocycles. The van der Waals surface area contributed by atoms with Crippen molar-refractivity contribution in [3.63, 3.8) is 0 Å². The molecule has 0 radical (unpaired) electrons. The van der Waals surface area contributed by atoms with Gasteiger partial charge in [0.05, 0.1) is 12.4 Å². The summed E-state index contributed by atoms with van der Waals surface area (Å²) in [5.74, 6) is 0.813. The predicted molar refractivity (Wildman–Crippen MR) is 71.1 cm³/mol. The van der Waals surface area contributed by atoms with E-state index in [0.29, 0.717) is 6.61 Å². The van der Waals surface area contributed by atoms with Crippen LogP contribution in [0.15, 0.2) is 47.1 Å². The van der Waals surface area contributed by atoms with Gasteiger partial charge < -0.3 is 14.9 Å². The van der Waals surface area contributed by atoms with Crippen LogP contribution < -0.4 is 5.73 Å². The average Bonchev–Trinajstić information content (AvgIpc) is 2.84. The molecule has 3 heteroatoms. The Balaban J connectivity index is 2.06. The number of nitrogens with two attached hydrogens (primary N) is 1. The highest BCUT2D eigenvalue weighted by atomic mass is 16.5. The molecule has 3 nitrogen and oxygen atoms in total. The Morgan fingerprint density at radius 3 is 2.50 bits per heavy atom. The Labute approximate surface area is 108 Å². The molecule has 96 valence electrons. The number of aryl methyl sites for hydroxylation is 1. The molecule has 2 aromatic rings. The second-order valence-electron chi connectivity index (χ2n) is 4.58. The largest absolute Gasteiger partial charge is 0.467 e. The van der Waals surface area contributed by atoms with Crippen LogP contribution in [0.2, 0.25) is 0 Å². The number of hydrogen-bond acceptors (Lipinski definition) is 3. The van der Waals surface area contributed by atoms with Gasteiger partial charge in [0.25, 0.3) is 0 Å². The second-order valence-corrected chi connectivity index (χ2v) is 4.58. The molecular formula is C15H19NO2. The fourth-order valence-corrected chi connectivity index (χ4v) is 1.87. The Morgan fingerprint density at radius 2 is 1.94 bits per heavy atom. The number of rotatable bonds is 5. The number of ether oxygens (including phenoxy) is 1. The summed E-state index contributed by atoms with van der Waals surface area (Å²) >= 11 is 0. The van der Waals surface area contributed by atoms with E-state index in [9.17, 15) is 0 Å². The molecule has 0 fully saturated rings. The minimum absolute atomic E-state index is 0.0670. The lowest BCUT2D eigenvalue weighted by molar-refractivity contribution is 0.0170. The summed E-state index contributed by atoms with van der Waals surface area (Å²) in [7, 11) is 0. The van der Waals surface area contributed by atoms with Crippen molar-refractivity contribution in [3.05, 3.63) is 59.5 Å². The van der Waals surface area contributed by atoms with Gasteiger partial charge in [-0.1, -0.05) is 29.8 Å². The molecule has 0 aliphatic carbocycles. The third kappa shape index (κ3) is 3.22. The fourth-order valence-electron chi connectivity index (χ4n) is 1.87. The predicted octanol–water partition coefficient (Wildman–Crippen LogP) is 3.19. The molecule has 0 spiro atoms. The molecule has 0 saturated carbocycles. The molecule has 0 amide bonds. The lowest BCUT2D eigenvalue weighted by atomic mass is 10.0. The maximum Gasteiger partial charge on any atom is 0.129 e. The van der Waals surface area contributed by atoms with Crippen molar-refractivity contribution in [3.8, 4) is 0 Å². The first-order valence-corrected chi connectivity index (χ1v) is 6.13. The molecule has 2 rings (SSSR count). The zero-order valence-electron chi connectivity index (χ0n) is 10.8. The first kappa shape index (κ1) is 12.9. The van der Waals surface area contributed by atoms with Gasteiger partial charge in [-0.2, -0.15) is 0 Å². The summed E-state index contributed by atoms with van der Waals surface area (Å²) in [6.45, 7) is 4.45. The topological polar surface area (TPSA) is 48.4 Å². The molecule has 0 aliphatic heterocycles. The van der Waals surface area contributed by atoms with E-state index >= 15 is 0 Å². The van der Waals surface area contributed by atoms with Crippen LogP contribution in [0.1, 0.15) is 29.9 Å². The van der Waals surface area contributed by atoms with Gasteiger partial charge in [0.2, 0.25) is 0 Å². The summed E-state index contributed by atoms with van der Waals surface area (Å²) < 4.78 is 11.1. The van der Waals surface area contributed by atoms with Crippen LogP contribution in [0.5, 0.6) is 0 Å². The Bertz CT molecular complexity index is 460. The molecule has 1 aromatic heterocycles. The molecule has 2 unspecified atom stereocenters. The highest BCUT2D eigenvalue weighted by Crippen LogP contribution is 2.22. The van der Waals surface area contributed by atoms with Gasteiger partial charge in [-0.05, 0) is 31.5 Å². The highest BCUT2D eigenvalue weighted by Gasteiger charge is 2.17. The number of benzene rings is 1. The van der Waals surface area contributed by atoms with Gasteiger partial charge in [0.1, 0.15) is 12.4 Å². The van der Waals surface area contributed by atoms with Crippen LogP contribution in [-0.2, 0) is 11.3 Å². The van der Waals surface area contributed by atoms with Crippen molar-refractivity contribution < 1.29 is 9.15 Å². The van der Waals surface area contributed by atoms with E-state index < -0.39 is 0 Å². The highest BCUT2D eigenvalue weighted by molar-refractivity contribution is 5.24. The smallest absolute Gasteiger partial charge is 0.129 e. The number of furan rings is 1. The van der Waals surface area contributed by atoms with Crippen LogP contribution in [-0.4, -0.2) is 6.04 Å². The first-order chi connectivity index (χ1) is 8.66. The van der Waals surface area contributed by atoms with Crippen molar-refractivity contribution in [2.45, 2.75) is 32.6 Å². The van der Waals surface area contributed by atoms with E-state index in [4.69, 9.17) is 14.9 Å². The van der Waals surface area contributed by atoms with E-state index in [-0.39, 0.29) is 12.1 Å². The lowest BCUT2D eigenvalue weighted by Gasteiger charge is -2.21. The van der Waals surface area contributed by atoms with Crippen molar-refractivity contribution in [2.75, 3.05) is 0 Å². The Hall–Kier alpha value is -1.58. The number of hydrogen-bond donors (Lipinski definition) is 1. The van der Waals surface area contributed by atoms with E-state index in [0.717, 1.165) is 11.3 Å². The minimum atomic E-state index is -0.115. The molecule has 0 saturated heterocycles. The standard InChI is InChI=1S/C15H19NO2/c1-11-5-7-13(8-6-11)15(12(2)16)18-10-14-4-3-9-17-14/h3-9,12,15H,10,16H2,1-2H3. The first-order valence-electron chi connectivity index (χ1n) is 6.13. The van der Waals surface area contributed by atoms with E-state index in [2.05, 4.69) is 31.2 Å². The molecule has 18 heavy (non-hydrogen) atoms. The van der Waals surface area contributed by atoms with Gasteiger partial charge in [-0.25, -0.2) is 0 Å². The SMILES string of the molecule is Cc1ccc(C(OCc2ccco2)C(C)N)cc1. The van der Waals surface area contributed by atoms with Crippen molar-refractivity contribution in [2.24, 2.45) is 5.73 Å². The third-order valence-corrected chi connectivity index (χ3v) is 2.87. The van der Waals surface area contributed by atoms with E-state index in [1.54, 1.807) is 6.26 Å². The summed E-state index contributed by atoms with van der Waals surface area (Å²) in [5, 5.41) is 0. The second kappa shape index (κ2) is 5.85. The summed E-state index contributed by atoms with van der Waals surface area (Å²) in [6.07, 6.45) is 1.53. The van der Waals surface area contributed by atoms with Crippen LogP contribution in [0.25, 0.3) is 0 Å². The molecular weight excluding hydrogens is 226 g/mol. The van der Waals surface area contributed by atoms with Crippen LogP contribution in [0.4, 0.5) is 0 Å². The summed E-state index contributed by atoms with van der Waals surface area (Å²) in [6, 6.07) is 11.9. The van der Waals surface area contributed by atoms with Gasteiger partial charge in [-0.3, -0.25) is 0 Å². The summed E-state index contributed by atoms with van der Waals surface area (Å²) in [5.41, 5.74) is 8.32. The van der Waals surface area contributed by atoms with Crippen LogP contribution >= 0.6 is 0 Å². The van der Waals surface area contributed by atoms with Gasteiger partial charge in [0.15, 0.2) is 0 Å². The van der Waals surface area contributed by atoms with Crippen molar-refractivity contribution >= 4 is 0 Å². The lowest BCUT2D eigenvalue weighted by Crippen LogP contribution is -2.26. The quantitative estimate of drug-likeness (QED) is 0.880. The van der Waals surface area contributed by atoms with Gasteiger partial charge >= 0.3 is 0 Å². The minimum Gasteiger partial charge on any atom is -0.467 e. The monoisotopic (exact) mass is 245 g/mol. The normalized spacial score (nSPS) is 14.4. The zero-order chi connectivity index (χ0) is 13.0. The maximum atomic E-state index is 5.99. The van der Waals surface area contributed by atoms with Gasteiger partial charge in [0, 0.05) is 6.04 Å². The molecule has 0 bridgehead atoms.